The lowest BCUT2D eigenvalue weighted by atomic mass is 10.4. The molecule has 1 N–H and O–H groups in total. The lowest BCUT2D eigenvalue weighted by molar-refractivity contribution is -0.402. The second kappa shape index (κ2) is 5.67. The van der Waals surface area contributed by atoms with Crippen LogP contribution in [0.1, 0.15) is 16.4 Å². The summed E-state index contributed by atoms with van der Waals surface area (Å²) in [6, 6.07) is 2.33. The fourth-order valence-electron chi connectivity index (χ4n) is 1.84. The van der Waals surface area contributed by atoms with Crippen molar-refractivity contribution in [2.24, 2.45) is 0 Å². The van der Waals surface area contributed by atoms with E-state index < -0.39 is 16.7 Å². The number of nitrogens with zero attached hydrogens (tertiary/aromatic N) is 5. The van der Waals surface area contributed by atoms with Crippen LogP contribution in [0.25, 0.3) is 5.95 Å². The molecule has 116 valence electrons. The Morgan fingerprint density at radius 2 is 2.04 bits per heavy atom. The number of carbonyl (C=O) groups is 1. The highest BCUT2D eigenvalue weighted by atomic mass is 16.6. The minimum Gasteiger partial charge on any atom is -0.395 e. The van der Waals surface area contributed by atoms with Crippen LogP contribution in [-0.4, -0.2) is 30.3 Å². The fourth-order valence-corrected chi connectivity index (χ4v) is 1.84. The van der Waals surface area contributed by atoms with Crippen molar-refractivity contribution in [3.63, 3.8) is 0 Å². The first-order valence-electron chi connectivity index (χ1n) is 6.42. The number of hydrogen-bond donors (Lipinski definition) is 1. The second-order valence-electron chi connectivity index (χ2n) is 4.47. The average Bonchev–Trinajstić information content (AvgIpc) is 3.17. The van der Waals surface area contributed by atoms with E-state index in [9.17, 15) is 14.9 Å². The van der Waals surface area contributed by atoms with E-state index in [-0.39, 0.29) is 5.76 Å². The number of aromatic nitrogens is 4. The number of rotatable bonds is 4. The second-order valence-corrected chi connectivity index (χ2v) is 4.47. The molecule has 0 aliphatic carbocycles. The lowest BCUT2D eigenvalue weighted by Gasteiger charge is -2.05. The Morgan fingerprint density at radius 1 is 1.30 bits per heavy atom. The zero-order chi connectivity index (χ0) is 16.4. The Balaban J connectivity index is 1.74. The lowest BCUT2D eigenvalue weighted by Crippen LogP contribution is -2.12. The first kappa shape index (κ1) is 14.4. The number of anilines is 1. The van der Waals surface area contributed by atoms with E-state index in [1.807, 2.05) is 6.92 Å². The number of aryl methyl sites for hydroxylation is 1. The van der Waals surface area contributed by atoms with E-state index in [1.165, 1.54) is 18.5 Å². The van der Waals surface area contributed by atoms with Gasteiger partial charge in [-0.25, -0.2) is 15.0 Å². The van der Waals surface area contributed by atoms with Crippen molar-refractivity contribution in [1.29, 1.82) is 0 Å². The van der Waals surface area contributed by atoms with Crippen LogP contribution in [0.2, 0.25) is 0 Å². The highest BCUT2D eigenvalue weighted by Gasteiger charge is 2.17. The molecule has 0 atom stereocenters. The Bertz CT molecular complexity index is 867. The SMILES string of the molecule is Cc1nccn1-c1ncc(NC(=O)c2ccc([N+](=O)[O-])o2)cn1. The molecule has 0 saturated carbocycles. The van der Waals surface area contributed by atoms with Gasteiger partial charge < -0.3 is 9.73 Å². The summed E-state index contributed by atoms with van der Waals surface area (Å²) in [6.07, 6.45) is 6.16. The largest absolute Gasteiger partial charge is 0.433 e. The molecule has 0 radical (unpaired) electrons. The van der Waals surface area contributed by atoms with Crippen molar-refractivity contribution in [1.82, 2.24) is 19.5 Å². The number of hydrogen-bond acceptors (Lipinski definition) is 7. The third-order valence-electron chi connectivity index (χ3n) is 2.93. The number of furan rings is 1. The fraction of sp³-hybridized carbons (Fsp3) is 0.0769. The van der Waals surface area contributed by atoms with Gasteiger partial charge in [-0.2, -0.15) is 0 Å². The molecule has 3 heterocycles. The molecular weight excluding hydrogens is 304 g/mol. The quantitative estimate of drug-likeness (QED) is 0.573. The topological polar surface area (TPSA) is 129 Å². The zero-order valence-electron chi connectivity index (χ0n) is 11.8. The van der Waals surface area contributed by atoms with Crippen LogP contribution in [0, 0.1) is 17.0 Å². The van der Waals surface area contributed by atoms with Crippen molar-refractivity contribution in [2.45, 2.75) is 6.92 Å². The molecule has 3 rings (SSSR count). The van der Waals surface area contributed by atoms with Gasteiger partial charge >= 0.3 is 5.88 Å². The Hall–Kier alpha value is -3.56. The van der Waals surface area contributed by atoms with Gasteiger partial charge in [0.15, 0.2) is 5.76 Å². The van der Waals surface area contributed by atoms with Crippen molar-refractivity contribution < 1.29 is 14.1 Å². The smallest absolute Gasteiger partial charge is 0.395 e. The van der Waals surface area contributed by atoms with Crippen molar-refractivity contribution >= 4 is 17.5 Å². The maximum Gasteiger partial charge on any atom is 0.433 e. The molecule has 3 aromatic rings. The van der Waals surface area contributed by atoms with Crippen LogP contribution >= 0.6 is 0 Å². The summed E-state index contributed by atoms with van der Waals surface area (Å²) in [4.78, 5) is 34.0. The van der Waals surface area contributed by atoms with E-state index >= 15 is 0 Å². The molecule has 0 spiro atoms. The van der Waals surface area contributed by atoms with Crippen molar-refractivity contribution in [3.8, 4) is 5.95 Å². The summed E-state index contributed by atoms with van der Waals surface area (Å²) in [7, 11) is 0. The van der Waals surface area contributed by atoms with Crippen LogP contribution in [0.4, 0.5) is 11.6 Å². The van der Waals surface area contributed by atoms with E-state index in [4.69, 9.17) is 4.42 Å². The summed E-state index contributed by atoms with van der Waals surface area (Å²) in [5, 5.41) is 13.0. The Morgan fingerprint density at radius 3 is 2.61 bits per heavy atom. The maximum atomic E-state index is 11.9. The summed E-state index contributed by atoms with van der Waals surface area (Å²) in [5.41, 5.74) is 0.329. The van der Waals surface area contributed by atoms with Crippen LogP contribution in [0.15, 0.2) is 41.3 Å². The first-order valence-corrected chi connectivity index (χ1v) is 6.42. The van der Waals surface area contributed by atoms with E-state index in [1.54, 1.807) is 17.0 Å². The number of imidazole rings is 1. The summed E-state index contributed by atoms with van der Waals surface area (Å²) in [5.74, 6) is -0.173. The maximum absolute atomic E-state index is 11.9. The summed E-state index contributed by atoms with van der Waals surface area (Å²) < 4.78 is 6.50. The molecule has 0 unspecified atom stereocenters. The van der Waals surface area contributed by atoms with Gasteiger partial charge in [-0.15, -0.1) is 0 Å². The standard InChI is InChI=1S/C13H10N6O4/c1-8-14-4-5-18(8)13-15-6-9(7-16-13)17-12(20)10-2-3-11(23-10)19(21)22/h2-7H,1H3,(H,17,20). The van der Waals surface area contributed by atoms with Crippen molar-refractivity contribution in [2.75, 3.05) is 5.32 Å². The monoisotopic (exact) mass is 314 g/mol. The Kier molecular flexibility index (Phi) is 3.55. The third kappa shape index (κ3) is 2.90. The van der Waals surface area contributed by atoms with Gasteiger partial charge in [-0.3, -0.25) is 19.5 Å². The predicted octanol–water partition coefficient (Wildman–Crippen LogP) is 1.72. The number of nitrogens with one attached hydrogen (secondary N) is 1. The molecule has 0 fully saturated rings. The normalized spacial score (nSPS) is 10.5. The zero-order valence-corrected chi connectivity index (χ0v) is 11.8. The van der Waals surface area contributed by atoms with E-state index in [0.29, 0.717) is 11.6 Å². The first-order chi connectivity index (χ1) is 11.0. The molecule has 3 aromatic heterocycles. The number of nitro groups is 1. The molecule has 0 aliphatic rings. The molecule has 23 heavy (non-hydrogen) atoms. The highest BCUT2D eigenvalue weighted by molar-refractivity contribution is 6.02. The molecule has 0 bridgehead atoms. The predicted molar refractivity (Wildman–Crippen MR) is 77.2 cm³/mol. The van der Waals surface area contributed by atoms with Gasteiger partial charge in [-0.05, 0) is 13.0 Å². The van der Waals surface area contributed by atoms with Gasteiger partial charge in [0.25, 0.3) is 5.91 Å². The summed E-state index contributed by atoms with van der Waals surface area (Å²) >= 11 is 0. The van der Waals surface area contributed by atoms with E-state index in [0.717, 1.165) is 11.9 Å². The minimum absolute atomic E-state index is 0.175. The molecule has 0 aliphatic heterocycles. The molecular formula is C13H10N6O4. The minimum atomic E-state index is -0.720. The highest BCUT2D eigenvalue weighted by Crippen LogP contribution is 2.17. The Labute approximate surface area is 129 Å². The van der Waals surface area contributed by atoms with Crippen LogP contribution in [-0.2, 0) is 0 Å². The van der Waals surface area contributed by atoms with Gasteiger partial charge in [0.2, 0.25) is 5.95 Å². The molecule has 0 saturated heterocycles. The van der Waals surface area contributed by atoms with Crippen molar-refractivity contribution in [3.05, 3.63) is 58.6 Å². The van der Waals surface area contributed by atoms with Gasteiger partial charge in [0.05, 0.1) is 24.1 Å². The molecule has 10 nitrogen and oxygen atoms in total. The number of amides is 1. The van der Waals surface area contributed by atoms with Crippen LogP contribution in [0.5, 0.6) is 0 Å². The number of carbonyl (C=O) groups excluding carboxylic acids is 1. The van der Waals surface area contributed by atoms with Crippen LogP contribution < -0.4 is 5.32 Å². The molecule has 0 aromatic carbocycles. The molecule has 1 amide bonds. The van der Waals surface area contributed by atoms with Crippen LogP contribution in [0.3, 0.4) is 0 Å². The van der Waals surface area contributed by atoms with Gasteiger partial charge in [-0.1, -0.05) is 0 Å². The van der Waals surface area contributed by atoms with Gasteiger partial charge in [0.1, 0.15) is 10.7 Å². The average molecular weight is 314 g/mol. The molecule has 10 heteroatoms. The third-order valence-corrected chi connectivity index (χ3v) is 2.93. The van der Waals surface area contributed by atoms with Gasteiger partial charge in [0, 0.05) is 12.4 Å². The summed E-state index contributed by atoms with van der Waals surface area (Å²) in [6.45, 7) is 1.81. The van der Waals surface area contributed by atoms with E-state index in [2.05, 4.69) is 20.3 Å².